The van der Waals surface area contributed by atoms with E-state index in [2.05, 4.69) is 10.4 Å². The smallest absolute Gasteiger partial charge is 0.294 e. The summed E-state index contributed by atoms with van der Waals surface area (Å²) in [4.78, 5) is 1.53. The predicted molar refractivity (Wildman–Crippen MR) is 50.1 cm³/mol. The van der Waals surface area contributed by atoms with Gasteiger partial charge in [0.05, 0.1) is 6.54 Å². The number of hydrogen-bond donors (Lipinski definition) is 1. The molecule has 2 aliphatic heterocycles. The van der Waals surface area contributed by atoms with Gasteiger partial charge in [0.2, 0.25) is 0 Å². The molecule has 0 amide bonds. The van der Waals surface area contributed by atoms with Gasteiger partial charge in [0.25, 0.3) is 0 Å². The summed E-state index contributed by atoms with van der Waals surface area (Å²) < 4.78 is 36.5. The number of fused-ring (bicyclic) bond motifs is 1. The van der Waals surface area contributed by atoms with Crippen molar-refractivity contribution in [3.8, 4) is 0 Å². The third-order valence-electron chi connectivity index (χ3n) is 3.28. The number of halogens is 3. The van der Waals surface area contributed by atoms with E-state index in [4.69, 9.17) is 0 Å². The van der Waals surface area contributed by atoms with Gasteiger partial charge >= 0.3 is 6.18 Å². The molecule has 0 bridgehead atoms. The second-order valence-electron chi connectivity index (χ2n) is 4.46. The molecule has 2 rings (SSSR count). The highest BCUT2D eigenvalue weighted by atomic mass is 19.4. The van der Waals surface area contributed by atoms with Crippen molar-refractivity contribution in [2.45, 2.75) is 6.18 Å². The number of hydrazine groups is 1. The van der Waals surface area contributed by atoms with Gasteiger partial charge in [-0.05, 0) is 18.9 Å². The zero-order valence-electron chi connectivity index (χ0n) is 8.72. The summed E-state index contributed by atoms with van der Waals surface area (Å²) in [5.74, 6) is 0.805. The van der Waals surface area contributed by atoms with Gasteiger partial charge < -0.3 is 0 Å². The maximum absolute atomic E-state index is 12.2. The number of alkyl halides is 3. The molecule has 3 nitrogen and oxygen atoms in total. The van der Waals surface area contributed by atoms with E-state index in [-0.39, 0.29) is 0 Å². The van der Waals surface area contributed by atoms with Gasteiger partial charge in [-0.15, -0.1) is 0 Å². The molecule has 0 aromatic heterocycles. The summed E-state index contributed by atoms with van der Waals surface area (Å²) in [7, 11) is 1.86. The zero-order valence-corrected chi connectivity index (χ0v) is 8.72. The lowest BCUT2D eigenvalue weighted by Crippen LogP contribution is -2.38. The molecule has 15 heavy (non-hydrogen) atoms. The van der Waals surface area contributed by atoms with Crippen LogP contribution in [0.3, 0.4) is 0 Å². The van der Waals surface area contributed by atoms with Crippen LogP contribution in [0.5, 0.6) is 0 Å². The molecule has 2 fully saturated rings. The molecule has 0 aromatic carbocycles. The summed E-state index contributed by atoms with van der Waals surface area (Å²) in [5, 5.41) is 2.08. The minimum Gasteiger partial charge on any atom is -0.294 e. The molecule has 0 aromatic rings. The summed E-state index contributed by atoms with van der Waals surface area (Å²) >= 11 is 0. The molecule has 2 saturated heterocycles. The SMILES string of the molecule is CNN1C[C@H]2CN(CC(F)(F)F)C[C@H]2C1. The van der Waals surface area contributed by atoms with Crippen LogP contribution < -0.4 is 5.43 Å². The fourth-order valence-corrected chi connectivity index (χ4v) is 2.66. The van der Waals surface area contributed by atoms with Crippen molar-refractivity contribution < 1.29 is 13.2 Å². The Labute approximate surface area is 87.2 Å². The second kappa shape index (κ2) is 3.92. The Kier molecular flexibility index (Phi) is 2.92. The minimum absolute atomic E-state index is 0.403. The average molecular weight is 223 g/mol. The van der Waals surface area contributed by atoms with Gasteiger partial charge in [0.1, 0.15) is 0 Å². The molecule has 2 heterocycles. The maximum Gasteiger partial charge on any atom is 0.401 e. The fraction of sp³-hybridized carbons (Fsp3) is 1.00. The van der Waals surface area contributed by atoms with E-state index in [1.54, 1.807) is 0 Å². The van der Waals surface area contributed by atoms with Gasteiger partial charge in [0.15, 0.2) is 0 Å². The molecular formula is C9H16F3N3. The van der Waals surface area contributed by atoms with E-state index in [0.29, 0.717) is 24.9 Å². The molecule has 0 unspecified atom stereocenters. The zero-order chi connectivity index (χ0) is 11.1. The standard InChI is InChI=1S/C9H16F3N3/c1-13-15-4-7-2-14(3-8(7)5-15)6-9(10,11)12/h7-8,13H,2-6H2,1H3/t7-,8+. The molecular weight excluding hydrogens is 207 g/mol. The van der Waals surface area contributed by atoms with Gasteiger partial charge in [0, 0.05) is 26.2 Å². The summed E-state index contributed by atoms with van der Waals surface area (Å²) in [5.41, 5.74) is 3.05. The molecule has 2 aliphatic rings. The lowest BCUT2D eigenvalue weighted by Gasteiger charge is -2.21. The quantitative estimate of drug-likeness (QED) is 0.737. The predicted octanol–water partition coefficient (Wildman–Crippen LogP) is 0.547. The minimum atomic E-state index is -4.05. The lowest BCUT2D eigenvalue weighted by molar-refractivity contribution is -0.144. The Morgan fingerprint density at radius 3 is 2.07 bits per heavy atom. The Hall–Kier alpha value is -0.330. The number of hydrogen-bond acceptors (Lipinski definition) is 3. The first-order valence-electron chi connectivity index (χ1n) is 5.19. The van der Waals surface area contributed by atoms with E-state index in [0.717, 1.165) is 13.1 Å². The molecule has 0 spiro atoms. The Morgan fingerprint density at radius 2 is 1.67 bits per heavy atom. The first-order valence-corrected chi connectivity index (χ1v) is 5.19. The normalized spacial score (nSPS) is 33.6. The third kappa shape index (κ3) is 2.62. The van der Waals surface area contributed by atoms with Gasteiger partial charge in [-0.25, -0.2) is 5.01 Å². The van der Waals surface area contributed by atoms with Crippen molar-refractivity contribution in [1.29, 1.82) is 0 Å². The lowest BCUT2D eigenvalue weighted by atomic mass is 10.0. The van der Waals surface area contributed by atoms with E-state index >= 15 is 0 Å². The Morgan fingerprint density at radius 1 is 1.13 bits per heavy atom. The summed E-state index contributed by atoms with van der Waals surface area (Å²) in [6.07, 6.45) is -4.05. The molecule has 0 saturated carbocycles. The highest BCUT2D eigenvalue weighted by Gasteiger charge is 2.42. The van der Waals surface area contributed by atoms with Gasteiger partial charge in [-0.1, -0.05) is 0 Å². The van der Waals surface area contributed by atoms with Crippen LogP contribution in [0.25, 0.3) is 0 Å². The van der Waals surface area contributed by atoms with Crippen molar-refractivity contribution in [2.75, 3.05) is 39.8 Å². The van der Waals surface area contributed by atoms with Gasteiger partial charge in [-0.2, -0.15) is 13.2 Å². The maximum atomic E-state index is 12.2. The van der Waals surface area contributed by atoms with Crippen LogP contribution in [0.1, 0.15) is 0 Å². The first kappa shape index (κ1) is 11.2. The highest BCUT2D eigenvalue weighted by molar-refractivity contribution is 4.92. The molecule has 2 atom stereocenters. The Balaban J connectivity index is 1.83. The topological polar surface area (TPSA) is 18.5 Å². The first-order chi connectivity index (χ1) is 6.98. The van der Waals surface area contributed by atoms with Crippen molar-refractivity contribution in [3.63, 3.8) is 0 Å². The van der Waals surface area contributed by atoms with E-state index in [9.17, 15) is 13.2 Å². The average Bonchev–Trinajstić information content (AvgIpc) is 2.57. The monoisotopic (exact) mass is 223 g/mol. The summed E-state index contributed by atoms with van der Waals surface area (Å²) in [6.45, 7) is 2.16. The van der Waals surface area contributed by atoms with Crippen molar-refractivity contribution in [3.05, 3.63) is 0 Å². The number of nitrogens with zero attached hydrogens (tertiary/aromatic N) is 2. The van der Waals surface area contributed by atoms with Crippen LogP contribution in [0, 0.1) is 11.8 Å². The molecule has 88 valence electrons. The van der Waals surface area contributed by atoms with Crippen molar-refractivity contribution >= 4 is 0 Å². The number of likely N-dealkylation sites (tertiary alicyclic amines) is 1. The highest BCUT2D eigenvalue weighted by Crippen LogP contribution is 2.31. The molecule has 0 radical (unpaired) electrons. The van der Waals surface area contributed by atoms with E-state index < -0.39 is 12.7 Å². The van der Waals surface area contributed by atoms with Gasteiger partial charge in [-0.3, -0.25) is 10.3 Å². The Bertz CT molecular complexity index is 217. The number of nitrogens with one attached hydrogen (secondary N) is 1. The van der Waals surface area contributed by atoms with Crippen LogP contribution in [0.4, 0.5) is 13.2 Å². The second-order valence-corrected chi connectivity index (χ2v) is 4.46. The van der Waals surface area contributed by atoms with Crippen LogP contribution in [-0.2, 0) is 0 Å². The van der Waals surface area contributed by atoms with Crippen LogP contribution in [-0.4, -0.2) is 55.9 Å². The molecule has 1 N–H and O–H groups in total. The van der Waals surface area contributed by atoms with Crippen LogP contribution in [0.15, 0.2) is 0 Å². The number of rotatable bonds is 2. The molecule has 6 heteroatoms. The van der Waals surface area contributed by atoms with E-state index in [1.807, 2.05) is 7.05 Å². The summed E-state index contributed by atoms with van der Waals surface area (Å²) in [6, 6.07) is 0. The van der Waals surface area contributed by atoms with Crippen LogP contribution in [0.2, 0.25) is 0 Å². The van der Waals surface area contributed by atoms with Crippen molar-refractivity contribution in [1.82, 2.24) is 15.3 Å². The van der Waals surface area contributed by atoms with E-state index in [1.165, 1.54) is 4.90 Å². The largest absolute Gasteiger partial charge is 0.401 e. The third-order valence-corrected chi connectivity index (χ3v) is 3.28. The molecule has 0 aliphatic carbocycles. The van der Waals surface area contributed by atoms with Crippen molar-refractivity contribution in [2.24, 2.45) is 11.8 Å². The fourth-order valence-electron chi connectivity index (χ4n) is 2.66. The van der Waals surface area contributed by atoms with Crippen LogP contribution >= 0.6 is 0 Å².